The van der Waals surface area contributed by atoms with E-state index in [1.807, 2.05) is 5.32 Å². The lowest BCUT2D eigenvalue weighted by atomic mass is 10.3. The highest BCUT2D eigenvalue weighted by molar-refractivity contribution is 9.10. The molecular weight excluding hydrogens is 514 g/mol. The summed E-state index contributed by atoms with van der Waals surface area (Å²) in [6, 6.07) is 5.31. The molecule has 2 amide bonds. The fourth-order valence-electron chi connectivity index (χ4n) is 1.75. The minimum Gasteiger partial charge on any atom is -0.467 e. The van der Waals surface area contributed by atoms with Crippen LogP contribution in [-0.2, 0) is 0 Å². The predicted octanol–water partition coefficient (Wildman–Crippen LogP) is 5.42. The number of aromatic nitrogens is 2. The molecule has 30 heavy (non-hydrogen) atoms. The second kappa shape index (κ2) is 9.55. The molecule has 15 heteroatoms. The molecule has 1 aromatic heterocycles. The van der Waals surface area contributed by atoms with Gasteiger partial charge in [0.1, 0.15) is 0 Å². The van der Waals surface area contributed by atoms with Gasteiger partial charge in [0.15, 0.2) is 18.2 Å². The summed E-state index contributed by atoms with van der Waals surface area (Å²) in [5.41, 5.74) is 0.326. The van der Waals surface area contributed by atoms with Gasteiger partial charge in [-0.2, -0.15) is 36.3 Å². The maximum absolute atomic E-state index is 12.4. The Bertz CT molecular complexity index is 856. The molecule has 1 heterocycles. The topological polar surface area (TPSA) is 85.4 Å². The highest BCUT2D eigenvalue weighted by Gasteiger charge is 2.32. The number of halogens is 8. The summed E-state index contributed by atoms with van der Waals surface area (Å²) in [6.45, 7) is -3.68. The third-order valence-electron chi connectivity index (χ3n) is 2.86. The van der Waals surface area contributed by atoms with Gasteiger partial charge in [-0.05, 0) is 24.3 Å². The lowest BCUT2D eigenvalue weighted by molar-refractivity contribution is -0.154. The molecule has 0 bridgehead atoms. The van der Waals surface area contributed by atoms with Gasteiger partial charge in [-0.25, -0.2) is 4.79 Å². The molecule has 0 atom stereocenters. The zero-order valence-corrected chi connectivity index (χ0v) is 16.7. The monoisotopic (exact) mass is 522 g/mol. The first-order chi connectivity index (χ1) is 13.8. The maximum atomic E-state index is 12.4. The number of hydrogen-bond donors (Lipinski definition) is 2. The van der Waals surface area contributed by atoms with Gasteiger partial charge in [0.05, 0.1) is 0 Å². The van der Waals surface area contributed by atoms with Gasteiger partial charge in [-0.3, -0.25) is 5.32 Å². The van der Waals surface area contributed by atoms with Crippen molar-refractivity contribution < 1.29 is 40.6 Å². The van der Waals surface area contributed by atoms with Gasteiger partial charge in [-0.1, -0.05) is 27.5 Å². The maximum Gasteiger partial charge on any atom is 0.422 e. The van der Waals surface area contributed by atoms with Crippen molar-refractivity contribution in [1.29, 1.82) is 0 Å². The molecular formula is C15H10BrClF6N4O3. The Morgan fingerprint density at radius 3 is 1.83 bits per heavy atom. The van der Waals surface area contributed by atoms with E-state index in [0.717, 1.165) is 4.47 Å². The zero-order chi connectivity index (χ0) is 22.5. The Labute approximate surface area is 177 Å². The average Bonchev–Trinajstić information content (AvgIpc) is 2.61. The normalized spacial score (nSPS) is 11.7. The van der Waals surface area contributed by atoms with E-state index in [0.29, 0.717) is 5.69 Å². The van der Waals surface area contributed by atoms with Crippen molar-refractivity contribution in [2.75, 3.05) is 23.8 Å². The van der Waals surface area contributed by atoms with Crippen LogP contribution in [-0.4, -0.2) is 41.6 Å². The summed E-state index contributed by atoms with van der Waals surface area (Å²) in [6.07, 6.45) is -9.57. The second-order valence-corrected chi connectivity index (χ2v) is 6.66. The standard InChI is InChI=1S/C15H10BrClF6N4O3/c16-7-1-3-8(4-2-7)24-13(28)27-12-25-10(29-5-14(18,19)20)9(17)11(26-12)30-6-15(21,22)23/h1-4H,5-6H2,(H2,24,25,26,27,28). The van der Waals surface area contributed by atoms with Crippen LogP contribution < -0.4 is 20.1 Å². The molecule has 2 rings (SSSR count). The Balaban J connectivity index is 2.22. The number of benzene rings is 1. The number of anilines is 2. The van der Waals surface area contributed by atoms with E-state index in [-0.39, 0.29) is 0 Å². The lowest BCUT2D eigenvalue weighted by Crippen LogP contribution is -2.24. The molecule has 0 saturated carbocycles. The molecule has 7 nitrogen and oxygen atoms in total. The fraction of sp³-hybridized carbons (Fsp3) is 0.267. The van der Waals surface area contributed by atoms with Crippen molar-refractivity contribution in [2.45, 2.75) is 12.4 Å². The summed E-state index contributed by atoms with van der Waals surface area (Å²) < 4.78 is 83.8. The SMILES string of the molecule is O=C(Nc1ccc(Br)cc1)Nc1nc(OCC(F)(F)F)c(Cl)c(OCC(F)(F)F)n1. The molecule has 0 aliphatic carbocycles. The first-order valence-electron chi connectivity index (χ1n) is 7.62. The Morgan fingerprint density at radius 1 is 0.933 bits per heavy atom. The van der Waals surface area contributed by atoms with Crippen LogP contribution in [0.15, 0.2) is 28.7 Å². The number of rotatable bonds is 6. The van der Waals surface area contributed by atoms with Gasteiger partial charge in [0.25, 0.3) is 0 Å². The molecule has 2 aromatic rings. The zero-order valence-electron chi connectivity index (χ0n) is 14.4. The van der Waals surface area contributed by atoms with E-state index in [2.05, 4.69) is 40.7 Å². The molecule has 0 saturated heterocycles. The van der Waals surface area contributed by atoms with Crippen molar-refractivity contribution in [3.05, 3.63) is 33.8 Å². The highest BCUT2D eigenvalue weighted by atomic mass is 79.9. The van der Waals surface area contributed by atoms with Crippen molar-refractivity contribution >= 4 is 45.2 Å². The molecule has 0 fully saturated rings. The summed E-state index contributed by atoms with van der Waals surface area (Å²) in [5, 5.41) is 3.57. The van der Waals surface area contributed by atoms with Crippen LogP contribution >= 0.6 is 27.5 Å². The molecule has 0 aliphatic heterocycles. The summed E-state index contributed by atoms with van der Waals surface area (Å²) in [5.74, 6) is -2.57. The number of urea groups is 1. The largest absolute Gasteiger partial charge is 0.467 e. The van der Waals surface area contributed by atoms with Gasteiger partial charge >= 0.3 is 18.4 Å². The molecule has 0 radical (unpaired) electrons. The number of carbonyl (C=O) groups excluding carboxylic acids is 1. The Morgan fingerprint density at radius 2 is 1.40 bits per heavy atom. The smallest absolute Gasteiger partial charge is 0.422 e. The molecule has 1 aromatic carbocycles. The molecule has 2 N–H and O–H groups in total. The van der Waals surface area contributed by atoms with Crippen LogP contribution in [0.25, 0.3) is 0 Å². The quantitative estimate of drug-likeness (QED) is 0.494. The molecule has 0 unspecified atom stereocenters. The van der Waals surface area contributed by atoms with Gasteiger partial charge < -0.3 is 14.8 Å². The van der Waals surface area contributed by atoms with Crippen molar-refractivity contribution in [3.63, 3.8) is 0 Å². The minimum atomic E-state index is -4.78. The highest BCUT2D eigenvalue weighted by Crippen LogP contribution is 2.34. The van der Waals surface area contributed by atoms with E-state index in [1.54, 1.807) is 12.1 Å². The van der Waals surface area contributed by atoms with E-state index >= 15 is 0 Å². The van der Waals surface area contributed by atoms with Crippen LogP contribution in [0.3, 0.4) is 0 Å². The van der Waals surface area contributed by atoms with Crippen molar-refractivity contribution in [2.24, 2.45) is 0 Å². The Kier molecular flexibility index (Phi) is 7.58. The van der Waals surface area contributed by atoms with E-state index in [4.69, 9.17) is 11.6 Å². The van der Waals surface area contributed by atoms with E-state index in [1.165, 1.54) is 12.1 Å². The van der Waals surface area contributed by atoms with Crippen LogP contribution in [0.5, 0.6) is 11.8 Å². The predicted molar refractivity (Wildman–Crippen MR) is 96.9 cm³/mol. The number of amides is 2. The van der Waals surface area contributed by atoms with Crippen LogP contribution in [0.2, 0.25) is 5.02 Å². The minimum absolute atomic E-state index is 0.326. The summed E-state index contributed by atoms with van der Waals surface area (Å²) >= 11 is 8.87. The van der Waals surface area contributed by atoms with Gasteiger partial charge in [-0.15, -0.1) is 0 Å². The average molecular weight is 524 g/mol. The molecule has 0 aliphatic rings. The first kappa shape index (κ1) is 23.8. The number of nitrogens with zero attached hydrogens (tertiary/aromatic N) is 2. The van der Waals surface area contributed by atoms with Gasteiger partial charge in [0, 0.05) is 10.2 Å². The third-order valence-corrected chi connectivity index (χ3v) is 3.71. The first-order valence-corrected chi connectivity index (χ1v) is 8.80. The third kappa shape index (κ3) is 8.10. The lowest BCUT2D eigenvalue weighted by Gasteiger charge is -2.15. The number of hydrogen-bond acceptors (Lipinski definition) is 5. The summed E-state index contributed by atoms with van der Waals surface area (Å²) in [7, 11) is 0. The van der Waals surface area contributed by atoms with E-state index in [9.17, 15) is 31.1 Å². The second-order valence-electron chi connectivity index (χ2n) is 5.37. The molecule has 0 spiro atoms. The van der Waals surface area contributed by atoms with Crippen LogP contribution in [0, 0.1) is 0 Å². The number of nitrogens with one attached hydrogen (secondary N) is 2. The van der Waals surface area contributed by atoms with Crippen LogP contribution in [0.1, 0.15) is 0 Å². The number of alkyl halides is 6. The van der Waals surface area contributed by atoms with Crippen molar-refractivity contribution in [3.8, 4) is 11.8 Å². The van der Waals surface area contributed by atoms with Crippen LogP contribution in [0.4, 0.5) is 42.8 Å². The Hall–Kier alpha value is -2.48. The van der Waals surface area contributed by atoms with Crippen molar-refractivity contribution in [1.82, 2.24) is 9.97 Å². The molecule has 164 valence electrons. The van der Waals surface area contributed by atoms with Gasteiger partial charge in [0.2, 0.25) is 17.7 Å². The van der Waals surface area contributed by atoms with E-state index < -0.39 is 54.3 Å². The summed E-state index contributed by atoms with van der Waals surface area (Å²) in [4.78, 5) is 19.0. The number of carbonyl (C=O) groups is 1. The fourth-order valence-corrected chi connectivity index (χ4v) is 2.21. The number of ether oxygens (including phenoxy) is 2.